The summed E-state index contributed by atoms with van der Waals surface area (Å²) in [7, 11) is 1.67. The molecule has 0 spiro atoms. The maximum Gasteiger partial charge on any atom is 0.120 e. The Hall–Kier alpha value is -1.96. The smallest absolute Gasteiger partial charge is 0.120 e. The summed E-state index contributed by atoms with van der Waals surface area (Å²) < 4.78 is 11.0. The van der Waals surface area contributed by atoms with Gasteiger partial charge in [0.1, 0.15) is 18.1 Å². The van der Waals surface area contributed by atoms with Crippen LogP contribution in [0.4, 0.5) is 0 Å². The van der Waals surface area contributed by atoms with Gasteiger partial charge >= 0.3 is 0 Å². The molecule has 0 aromatic heterocycles. The molecule has 0 amide bonds. The van der Waals surface area contributed by atoms with Gasteiger partial charge in [-0.3, -0.25) is 0 Å². The molecule has 0 N–H and O–H groups in total. The summed E-state index contributed by atoms with van der Waals surface area (Å²) in [6, 6.07) is 16.3. The minimum atomic E-state index is 0.286. The van der Waals surface area contributed by atoms with Gasteiger partial charge in [-0.05, 0) is 47.2 Å². The standard InChI is InChI=1S/C19H24O2/c1-19(2,3)13-16-6-5-7-18(12-16)21-14-15-8-10-17(20-4)11-9-15/h5-12H,13-14H2,1-4H3. The molecule has 2 nitrogen and oxygen atoms in total. The van der Waals surface area contributed by atoms with Gasteiger partial charge in [0.2, 0.25) is 0 Å². The Morgan fingerprint density at radius 1 is 0.857 bits per heavy atom. The topological polar surface area (TPSA) is 18.5 Å². The molecule has 0 aliphatic heterocycles. The first-order valence-electron chi connectivity index (χ1n) is 7.31. The highest BCUT2D eigenvalue weighted by Crippen LogP contribution is 2.23. The molecule has 0 atom stereocenters. The predicted octanol–water partition coefficient (Wildman–Crippen LogP) is 4.86. The minimum Gasteiger partial charge on any atom is -0.497 e. The zero-order valence-electron chi connectivity index (χ0n) is 13.3. The highest BCUT2D eigenvalue weighted by atomic mass is 16.5. The van der Waals surface area contributed by atoms with Crippen LogP contribution in [0.15, 0.2) is 48.5 Å². The summed E-state index contributed by atoms with van der Waals surface area (Å²) in [5.41, 5.74) is 2.74. The van der Waals surface area contributed by atoms with E-state index in [4.69, 9.17) is 9.47 Å². The van der Waals surface area contributed by atoms with Gasteiger partial charge < -0.3 is 9.47 Å². The number of hydrogen-bond acceptors (Lipinski definition) is 2. The molecule has 0 unspecified atom stereocenters. The fraction of sp³-hybridized carbons (Fsp3) is 0.368. The van der Waals surface area contributed by atoms with Crippen molar-refractivity contribution in [2.45, 2.75) is 33.8 Å². The lowest BCUT2D eigenvalue weighted by Gasteiger charge is -2.18. The molecule has 2 aromatic carbocycles. The zero-order valence-corrected chi connectivity index (χ0v) is 13.3. The molecule has 112 valence electrons. The van der Waals surface area contributed by atoms with Crippen molar-refractivity contribution in [3.8, 4) is 11.5 Å². The number of methoxy groups -OCH3 is 1. The monoisotopic (exact) mass is 284 g/mol. The number of hydrogen-bond donors (Lipinski definition) is 0. The second-order valence-electron chi connectivity index (χ2n) is 6.52. The van der Waals surface area contributed by atoms with Gasteiger partial charge in [0.25, 0.3) is 0 Å². The molecule has 21 heavy (non-hydrogen) atoms. The third-order valence-electron chi connectivity index (χ3n) is 3.20. The molecule has 0 radical (unpaired) electrons. The number of benzene rings is 2. The minimum absolute atomic E-state index is 0.286. The first kappa shape index (κ1) is 15.4. The Morgan fingerprint density at radius 2 is 1.57 bits per heavy atom. The van der Waals surface area contributed by atoms with Crippen LogP contribution in [0.3, 0.4) is 0 Å². The maximum absolute atomic E-state index is 5.88. The zero-order chi connectivity index (χ0) is 15.3. The Labute approximate surface area is 127 Å². The fourth-order valence-electron chi connectivity index (χ4n) is 2.25. The van der Waals surface area contributed by atoms with Crippen LogP contribution >= 0.6 is 0 Å². The normalized spacial score (nSPS) is 11.2. The average molecular weight is 284 g/mol. The van der Waals surface area contributed by atoms with Gasteiger partial charge in [0, 0.05) is 0 Å². The van der Waals surface area contributed by atoms with Gasteiger partial charge in [-0.15, -0.1) is 0 Å². The second-order valence-corrected chi connectivity index (χ2v) is 6.52. The summed E-state index contributed by atoms with van der Waals surface area (Å²) in [6.07, 6.45) is 1.05. The molecular weight excluding hydrogens is 260 g/mol. The van der Waals surface area contributed by atoms with E-state index in [1.165, 1.54) is 5.56 Å². The van der Waals surface area contributed by atoms with E-state index in [0.717, 1.165) is 23.5 Å². The Kier molecular flexibility index (Phi) is 4.89. The van der Waals surface area contributed by atoms with Crippen molar-refractivity contribution >= 4 is 0 Å². The third-order valence-corrected chi connectivity index (χ3v) is 3.20. The Balaban J connectivity index is 1.97. The molecule has 0 saturated carbocycles. The predicted molar refractivity (Wildman–Crippen MR) is 86.9 cm³/mol. The van der Waals surface area contributed by atoms with Gasteiger partial charge in [-0.25, -0.2) is 0 Å². The summed E-state index contributed by atoms with van der Waals surface area (Å²) in [6.45, 7) is 7.32. The van der Waals surface area contributed by atoms with E-state index in [1.54, 1.807) is 7.11 Å². The number of ether oxygens (including phenoxy) is 2. The molecule has 2 heteroatoms. The van der Waals surface area contributed by atoms with Gasteiger partial charge in [-0.2, -0.15) is 0 Å². The van der Waals surface area contributed by atoms with Gasteiger partial charge in [0.05, 0.1) is 7.11 Å². The summed E-state index contributed by atoms with van der Waals surface area (Å²) in [4.78, 5) is 0. The van der Waals surface area contributed by atoms with E-state index in [0.29, 0.717) is 6.61 Å². The maximum atomic E-state index is 5.88. The summed E-state index contributed by atoms with van der Waals surface area (Å²) in [5.74, 6) is 1.79. The van der Waals surface area contributed by atoms with Crippen molar-refractivity contribution in [3.05, 3.63) is 59.7 Å². The summed E-state index contributed by atoms with van der Waals surface area (Å²) in [5, 5.41) is 0. The molecule has 2 aromatic rings. The first-order valence-corrected chi connectivity index (χ1v) is 7.31. The van der Waals surface area contributed by atoms with Crippen molar-refractivity contribution in [2.24, 2.45) is 5.41 Å². The lowest BCUT2D eigenvalue weighted by Crippen LogP contribution is -2.09. The molecule has 0 aliphatic carbocycles. The van der Waals surface area contributed by atoms with Crippen molar-refractivity contribution in [1.82, 2.24) is 0 Å². The SMILES string of the molecule is COc1ccc(COc2cccc(CC(C)(C)C)c2)cc1. The van der Waals surface area contributed by atoms with E-state index in [-0.39, 0.29) is 5.41 Å². The van der Waals surface area contributed by atoms with E-state index in [1.807, 2.05) is 30.3 Å². The molecular formula is C19H24O2. The van der Waals surface area contributed by atoms with Crippen molar-refractivity contribution in [2.75, 3.05) is 7.11 Å². The lowest BCUT2D eigenvalue weighted by molar-refractivity contribution is 0.305. The van der Waals surface area contributed by atoms with Crippen LogP contribution in [-0.4, -0.2) is 7.11 Å². The fourth-order valence-corrected chi connectivity index (χ4v) is 2.25. The third kappa shape index (κ3) is 5.14. The van der Waals surface area contributed by atoms with E-state index >= 15 is 0 Å². The van der Waals surface area contributed by atoms with Crippen LogP contribution in [0.25, 0.3) is 0 Å². The Bertz CT molecular complexity index is 565. The van der Waals surface area contributed by atoms with Gasteiger partial charge in [0.15, 0.2) is 0 Å². The van der Waals surface area contributed by atoms with Crippen LogP contribution in [0.5, 0.6) is 11.5 Å². The van der Waals surface area contributed by atoms with E-state index in [2.05, 4.69) is 39.0 Å². The van der Waals surface area contributed by atoms with Crippen LogP contribution < -0.4 is 9.47 Å². The summed E-state index contributed by atoms with van der Waals surface area (Å²) >= 11 is 0. The van der Waals surface area contributed by atoms with E-state index in [9.17, 15) is 0 Å². The largest absolute Gasteiger partial charge is 0.497 e. The highest BCUT2D eigenvalue weighted by Gasteiger charge is 2.11. The van der Waals surface area contributed by atoms with Gasteiger partial charge in [-0.1, -0.05) is 45.0 Å². The van der Waals surface area contributed by atoms with E-state index < -0.39 is 0 Å². The van der Waals surface area contributed by atoms with Crippen molar-refractivity contribution < 1.29 is 9.47 Å². The second kappa shape index (κ2) is 6.66. The Morgan fingerprint density at radius 3 is 2.19 bits per heavy atom. The molecule has 0 aliphatic rings. The lowest BCUT2D eigenvalue weighted by atomic mass is 9.88. The molecule has 0 saturated heterocycles. The molecule has 2 rings (SSSR count). The average Bonchev–Trinajstić information content (AvgIpc) is 2.44. The van der Waals surface area contributed by atoms with Crippen molar-refractivity contribution in [3.63, 3.8) is 0 Å². The van der Waals surface area contributed by atoms with Crippen molar-refractivity contribution in [1.29, 1.82) is 0 Å². The van der Waals surface area contributed by atoms with Crippen LogP contribution in [-0.2, 0) is 13.0 Å². The van der Waals surface area contributed by atoms with Crippen LogP contribution in [0.1, 0.15) is 31.9 Å². The quantitative estimate of drug-likeness (QED) is 0.780. The van der Waals surface area contributed by atoms with Crippen LogP contribution in [0, 0.1) is 5.41 Å². The number of rotatable bonds is 5. The molecule has 0 heterocycles. The molecule has 0 bridgehead atoms. The highest BCUT2D eigenvalue weighted by molar-refractivity contribution is 5.30. The molecule has 0 fully saturated rings. The first-order chi connectivity index (χ1) is 9.96. The van der Waals surface area contributed by atoms with Crippen LogP contribution in [0.2, 0.25) is 0 Å².